The number of likely N-dealkylation sites (tertiary alicyclic amines) is 1. The monoisotopic (exact) mass is 312 g/mol. The molecule has 1 aliphatic heterocycles. The van der Waals surface area contributed by atoms with Crippen molar-refractivity contribution >= 4 is 18.3 Å². The number of hydrogen-bond donors (Lipinski definition) is 1. The lowest BCUT2D eigenvalue weighted by Crippen LogP contribution is -2.38. The molecule has 0 aromatic heterocycles. The maximum Gasteiger partial charge on any atom is 0.223 e. The van der Waals surface area contributed by atoms with Gasteiger partial charge in [0.1, 0.15) is 5.75 Å². The highest BCUT2D eigenvalue weighted by Gasteiger charge is 2.23. The molecule has 0 aliphatic carbocycles. The van der Waals surface area contributed by atoms with Crippen LogP contribution in [0.15, 0.2) is 24.3 Å². The van der Waals surface area contributed by atoms with E-state index in [-0.39, 0.29) is 18.3 Å². The molecule has 1 N–H and O–H groups in total. The first kappa shape index (κ1) is 17.8. The van der Waals surface area contributed by atoms with E-state index in [9.17, 15) is 4.79 Å². The second-order valence-electron chi connectivity index (χ2n) is 5.28. The average Bonchev–Trinajstić information content (AvgIpc) is 2.53. The SMILES string of the molecule is CNCCC(=O)N1CCC(c2ccc(OC)cc2)CC1.Cl. The van der Waals surface area contributed by atoms with E-state index in [1.54, 1.807) is 7.11 Å². The minimum Gasteiger partial charge on any atom is -0.497 e. The summed E-state index contributed by atoms with van der Waals surface area (Å²) in [5, 5.41) is 3.02. The fraction of sp³-hybridized carbons (Fsp3) is 0.562. The summed E-state index contributed by atoms with van der Waals surface area (Å²) in [5.41, 5.74) is 1.35. The van der Waals surface area contributed by atoms with E-state index in [1.807, 2.05) is 24.1 Å². The molecule has 5 heteroatoms. The third-order valence-electron chi connectivity index (χ3n) is 4.02. The zero-order valence-electron chi connectivity index (χ0n) is 12.8. The minimum atomic E-state index is 0. The summed E-state index contributed by atoms with van der Waals surface area (Å²) < 4.78 is 5.18. The number of ether oxygens (including phenoxy) is 1. The zero-order chi connectivity index (χ0) is 14.4. The summed E-state index contributed by atoms with van der Waals surface area (Å²) in [5.74, 6) is 1.73. The Hall–Kier alpha value is -1.26. The van der Waals surface area contributed by atoms with E-state index >= 15 is 0 Å². The predicted octanol–water partition coefficient (Wildman–Crippen LogP) is 2.43. The van der Waals surface area contributed by atoms with Crippen molar-refractivity contribution in [2.75, 3.05) is 33.8 Å². The van der Waals surface area contributed by atoms with Gasteiger partial charge in [-0.1, -0.05) is 12.1 Å². The maximum atomic E-state index is 12.0. The van der Waals surface area contributed by atoms with Crippen LogP contribution in [0, 0.1) is 0 Å². The Morgan fingerprint density at radius 3 is 2.43 bits per heavy atom. The van der Waals surface area contributed by atoms with Crippen LogP contribution in [0.4, 0.5) is 0 Å². The summed E-state index contributed by atoms with van der Waals surface area (Å²) in [4.78, 5) is 14.0. The van der Waals surface area contributed by atoms with Crippen molar-refractivity contribution in [3.8, 4) is 5.75 Å². The fourth-order valence-electron chi connectivity index (χ4n) is 2.73. The first-order valence-electron chi connectivity index (χ1n) is 7.31. The topological polar surface area (TPSA) is 41.6 Å². The molecular weight excluding hydrogens is 288 g/mol. The van der Waals surface area contributed by atoms with Crippen LogP contribution in [0.1, 0.15) is 30.7 Å². The van der Waals surface area contributed by atoms with Crippen LogP contribution in [-0.4, -0.2) is 44.6 Å². The molecule has 1 saturated heterocycles. The van der Waals surface area contributed by atoms with Gasteiger partial charge in [0.05, 0.1) is 7.11 Å². The molecule has 0 atom stereocenters. The van der Waals surface area contributed by atoms with Crippen LogP contribution < -0.4 is 10.1 Å². The van der Waals surface area contributed by atoms with Gasteiger partial charge in [0.25, 0.3) is 0 Å². The average molecular weight is 313 g/mol. The van der Waals surface area contributed by atoms with Crippen LogP contribution in [0.5, 0.6) is 5.75 Å². The van der Waals surface area contributed by atoms with E-state index in [2.05, 4.69) is 17.4 Å². The molecule has 118 valence electrons. The first-order chi connectivity index (χ1) is 9.74. The number of halogens is 1. The summed E-state index contributed by atoms with van der Waals surface area (Å²) in [7, 11) is 3.56. The van der Waals surface area contributed by atoms with Crippen LogP contribution >= 0.6 is 12.4 Å². The zero-order valence-corrected chi connectivity index (χ0v) is 13.6. The number of amides is 1. The molecule has 1 aromatic carbocycles. The van der Waals surface area contributed by atoms with Gasteiger partial charge < -0.3 is 15.0 Å². The number of carbonyl (C=O) groups excluding carboxylic acids is 1. The largest absolute Gasteiger partial charge is 0.497 e. The Kier molecular flexibility index (Phi) is 7.54. The normalized spacial score (nSPS) is 15.4. The summed E-state index contributed by atoms with van der Waals surface area (Å²) in [6.07, 6.45) is 2.71. The van der Waals surface area contributed by atoms with Gasteiger partial charge >= 0.3 is 0 Å². The van der Waals surface area contributed by atoms with Crippen LogP contribution in [0.3, 0.4) is 0 Å². The van der Waals surface area contributed by atoms with Gasteiger partial charge in [-0.3, -0.25) is 4.79 Å². The van der Waals surface area contributed by atoms with Crippen molar-refractivity contribution in [1.82, 2.24) is 10.2 Å². The molecule has 2 rings (SSSR count). The Bertz CT molecular complexity index is 428. The lowest BCUT2D eigenvalue weighted by molar-refractivity contribution is -0.132. The molecule has 1 aromatic rings. The highest BCUT2D eigenvalue weighted by Crippen LogP contribution is 2.29. The van der Waals surface area contributed by atoms with Crippen LogP contribution in [0.2, 0.25) is 0 Å². The molecule has 0 bridgehead atoms. The standard InChI is InChI=1S/C16H24N2O2.ClH/c1-17-10-7-16(19)18-11-8-14(9-12-18)13-3-5-15(20-2)6-4-13;/h3-6,14,17H,7-12H2,1-2H3;1H. The third-order valence-corrected chi connectivity index (χ3v) is 4.02. The molecule has 1 heterocycles. The number of methoxy groups -OCH3 is 1. The molecule has 0 saturated carbocycles. The van der Waals surface area contributed by atoms with Gasteiger partial charge in [-0.25, -0.2) is 0 Å². The number of piperidine rings is 1. The summed E-state index contributed by atoms with van der Waals surface area (Å²) >= 11 is 0. The molecule has 1 amide bonds. The lowest BCUT2D eigenvalue weighted by Gasteiger charge is -2.32. The van der Waals surface area contributed by atoms with Gasteiger partial charge in [-0.2, -0.15) is 0 Å². The third kappa shape index (κ3) is 4.90. The van der Waals surface area contributed by atoms with Crippen molar-refractivity contribution in [2.45, 2.75) is 25.2 Å². The van der Waals surface area contributed by atoms with Crippen molar-refractivity contribution in [3.63, 3.8) is 0 Å². The molecule has 0 radical (unpaired) electrons. The highest BCUT2D eigenvalue weighted by atomic mass is 35.5. The summed E-state index contributed by atoms with van der Waals surface area (Å²) in [6, 6.07) is 8.31. The molecule has 0 spiro atoms. The predicted molar refractivity (Wildman–Crippen MR) is 87.3 cm³/mol. The van der Waals surface area contributed by atoms with Crippen molar-refractivity contribution < 1.29 is 9.53 Å². The van der Waals surface area contributed by atoms with Gasteiger partial charge in [0.2, 0.25) is 5.91 Å². The molecule has 0 unspecified atom stereocenters. The van der Waals surface area contributed by atoms with Gasteiger partial charge in [-0.15, -0.1) is 12.4 Å². The second-order valence-corrected chi connectivity index (χ2v) is 5.28. The van der Waals surface area contributed by atoms with E-state index in [4.69, 9.17) is 4.74 Å². The number of nitrogens with zero attached hydrogens (tertiary/aromatic N) is 1. The van der Waals surface area contributed by atoms with Crippen molar-refractivity contribution in [2.24, 2.45) is 0 Å². The lowest BCUT2D eigenvalue weighted by atomic mass is 9.89. The molecule has 21 heavy (non-hydrogen) atoms. The van der Waals surface area contributed by atoms with Crippen molar-refractivity contribution in [3.05, 3.63) is 29.8 Å². The van der Waals surface area contributed by atoms with Crippen LogP contribution in [0.25, 0.3) is 0 Å². The van der Waals surface area contributed by atoms with E-state index in [1.165, 1.54) is 5.56 Å². The Labute approximate surface area is 133 Å². The maximum absolute atomic E-state index is 12.0. The molecule has 1 aliphatic rings. The Balaban J connectivity index is 0.00000220. The highest BCUT2D eigenvalue weighted by molar-refractivity contribution is 5.85. The first-order valence-corrected chi connectivity index (χ1v) is 7.31. The quantitative estimate of drug-likeness (QED) is 0.908. The Morgan fingerprint density at radius 1 is 1.29 bits per heavy atom. The second kappa shape index (κ2) is 8.90. The van der Waals surface area contributed by atoms with Gasteiger partial charge in [0, 0.05) is 26.1 Å². The van der Waals surface area contributed by atoms with Gasteiger partial charge in [-0.05, 0) is 43.5 Å². The van der Waals surface area contributed by atoms with E-state index < -0.39 is 0 Å². The number of rotatable bonds is 5. The van der Waals surface area contributed by atoms with E-state index in [0.29, 0.717) is 12.3 Å². The number of hydrogen-bond acceptors (Lipinski definition) is 3. The number of carbonyl (C=O) groups is 1. The summed E-state index contributed by atoms with van der Waals surface area (Å²) in [6.45, 7) is 2.51. The van der Waals surface area contributed by atoms with E-state index in [0.717, 1.165) is 38.2 Å². The number of benzene rings is 1. The smallest absolute Gasteiger partial charge is 0.223 e. The molecular formula is C16H25ClN2O2. The molecule has 4 nitrogen and oxygen atoms in total. The van der Waals surface area contributed by atoms with Crippen molar-refractivity contribution in [1.29, 1.82) is 0 Å². The molecule has 1 fully saturated rings. The minimum absolute atomic E-state index is 0. The van der Waals surface area contributed by atoms with Gasteiger partial charge in [0.15, 0.2) is 0 Å². The number of nitrogens with one attached hydrogen (secondary N) is 1. The fourth-order valence-corrected chi connectivity index (χ4v) is 2.73. The Morgan fingerprint density at radius 2 is 1.90 bits per heavy atom. The van der Waals surface area contributed by atoms with Crippen LogP contribution in [-0.2, 0) is 4.79 Å².